The summed E-state index contributed by atoms with van der Waals surface area (Å²) in [6, 6.07) is 0.0251. The SMILES string of the molecule is CCCCC1NC(CC(C)C)N(CCOCC2CC2)C1=O. The number of carbonyl (C=O) groups is 1. The van der Waals surface area contributed by atoms with Gasteiger partial charge in [-0.2, -0.15) is 0 Å². The van der Waals surface area contributed by atoms with Gasteiger partial charge in [0.1, 0.15) is 0 Å². The maximum atomic E-state index is 12.6. The Hall–Kier alpha value is -0.610. The van der Waals surface area contributed by atoms with Crippen LogP contribution in [-0.4, -0.2) is 42.8 Å². The van der Waals surface area contributed by atoms with Crippen molar-refractivity contribution in [3.05, 3.63) is 0 Å². The van der Waals surface area contributed by atoms with E-state index in [1.807, 2.05) is 4.90 Å². The number of nitrogens with one attached hydrogen (secondary N) is 1. The van der Waals surface area contributed by atoms with Gasteiger partial charge in [0.25, 0.3) is 0 Å². The summed E-state index contributed by atoms with van der Waals surface area (Å²) >= 11 is 0. The number of rotatable bonds is 10. The Morgan fingerprint density at radius 1 is 1.38 bits per heavy atom. The summed E-state index contributed by atoms with van der Waals surface area (Å²) in [6.07, 6.45) is 7.08. The highest BCUT2D eigenvalue weighted by Gasteiger charge is 2.38. The minimum atomic E-state index is 0.0251. The highest BCUT2D eigenvalue weighted by atomic mass is 16.5. The molecule has 1 heterocycles. The second kappa shape index (κ2) is 8.14. The van der Waals surface area contributed by atoms with E-state index in [1.165, 1.54) is 12.8 Å². The van der Waals surface area contributed by atoms with Crippen LogP contribution in [0.15, 0.2) is 0 Å². The molecule has 2 unspecified atom stereocenters. The summed E-state index contributed by atoms with van der Waals surface area (Å²) in [5, 5.41) is 3.54. The van der Waals surface area contributed by atoms with Crippen molar-refractivity contribution in [3.63, 3.8) is 0 Å². The number of hydrogen-bond acceptors (Lipinski definition) is 3. The van der Waals surface area contributed by atoms with Gasteiger partial charge in [-0.05, 0) is 37.5 Å². The van der Waals surface area contributed by atoms with E-state index < -0.39 is 0 Å². The summed E-state index contributed by atoms with van der Waals surface area (Å²) in [5.41, 5.74) is 0. The van der Waals surface area contributed by atoms with Crippen LogP contribution in [0, 0.1) is 11.8 Å². The molecule has 0 bridgehead atoms. The topological polar surface area (TPSA) is 41.6 Å². The molecule has 2 rings (SSSR count). The van der Waals surface area contributed by atoms with Gasteiger partial charge in [0.05, 0.1) is 18.8 Å². The minimum absolute atomic E-state index is 0.0251. The third-order valence-corrected chi connectivity index (χ3v) is 4.42. The maximum Gasteiger partial charge on any atom is 0.241 e. The van der Waals surface area contributed by atoms with E-state index in [0.717, 1.165) is 44.8 Å². The predicted molar refractivity (Wildman–Crippen MR) is 84.9 cm³/mol. The summed E-state index contributed by atoms with van der Waals surface area (Å²) < 4.78 is 5.72. The van der Waals surface area contributed by atoms with Crippen molar-refractivity contribution in [1.82, 2.24) is 10.2 Å². The van der Waals surface area contributed by atoms with Gasteiger partial charge in [-0.1, -0.05) is 33.6 Å². The lowest BCUT2D eigenvalue weighted by Gasteiger charge is -2.25. The minimum Gasteiger partial charge on any atom is -0.379 e. The Kier molecular flexibility index (Phi) is 6.49. The van der Waals surface area contributed by atoms with Gasteiger partial charge in [0.15, 0.2) is 0 Å². The molecular formula is C17H32N2O2. The maximum absolute atomic E-state index is 12.6. The molecule has 4 nitrogen and oxygen atoms in total. The number of amides is 1. The van der Waals surface area contributed by atoms with Crippen LogP contribution in [0.1, 0.15) is 59.3 Å². The lowest BCUT2D eigenvalue weighted by molar-refractivity contribution is -0.131. The first-order valence-electron chi connectivity index (χ1n) is 8.76. The van der Waals surface area contributed by atoms with Crippen LogP contribution >= 0.6 is 0 Å². The molecule has 0 aromatic rings. The van der Waals surface area contributed by atoms with Crippen LogP contribution in [0.25, 0.3) is 0 Å². The van der Waals surface area contributed by atoms with Gasteiger partial charge in [0.2, 0.25) is 5.91 Å². The van der Waals surface area contributed by atoms with Crippen LogP contribution in [0.2, 0.25) is 0 Å². The first-order valence-corrected chi connectivity index (χ1v) is 8.76. The van der Waals surface area contributed by atoms with Crippen molar-refractivity contribution >= 4 is 5.91 Å². The third-order valence-electron chi connectivity index (χ3n) is 4.42. The van der Waals surface area contributed by atoms with Crippen molar-refractivity contribution < 1.29 is 9.53 Å². The van der Waals surface area contributed by atoms with Crippen LogP contribution < -0.4 is 5.32 Å². The molecule has 2 fully saturated rings. The van der Waals surface area contributed by atoms with Crippen molar-refractivity contribution in [2.24, 2.45) is 11.8 Å². The van der Waals surface area contributed by atoms with Gasteiger partial charge in [-0.15, -0.1) is 0 Å². The highest BCUT2D eigenvalue weighted by molar-refractivity contribution is 5.84. The Balaban J connectivity index is 1.81. The van der Waals surface area contributed by atoms with Crippen LogP contribution in [0.4, 0.5) is 0 Å². The molecule has 0 radical (unpaired) electrons. The quantitative estimate of drug-likeness (QED) is 0.630. The van der Waals surface area contributed by atoms with Gasteiger partial charge < -0.3 is 9.64 Å². The Bertz CT molecular complexity index is 329. The van der Waals surface area contributed by atoms with E-state index in [0.29, 0.717) is 12.5 Å². The molecule has 122 valence electrons. The second-order valence-corrected chi connectivity index (χ2v) is 7.06. The smallest absolute Gasteiger partial charge is 0.241 e. The van der Waals surface area contributed by atoms with Gasteiger partial charge >= 0.3 is 0 Å². The van der Waals surface area contributed by atoms with E-state index in [1.54, 1.807) is 0 Å². The number of carbonyl (C=O) groups excluding carboxylic acids is 1. The largest absolute Gasteiger partial charge is 0.379 e. The molecule has 0 spiro atoms. The van der Waals surface area contributed by atoms with E-state index >= 15 is 0 Å². The van der Waals surface area contributed by atoms with E-state index in [4.69, 9.17) is 4.74 Å². The monoisotopic (exact) mass is 296 g/mol. The number of ether oxygens (including phenoxy) is 1. The van der Waals surface area contributed by atoms with E-state index in [2.05, 4.69) is 26.1 Å². The zero-order chi connectivity index (χ0) is 15.2. The summed E-state index contributed by atoms with van der Waals surface area (Å²) in [4.78, 5) is 14.6. The summed E-state index contributed by atoms with van der Waals surface area (Å²) in [5.74, 6) is 1.67. The fourth-order valence-electron chi connectivity index (χ4n) is 2.97. The molecule has 1 saturated heterocycles. The molecule has 1 aliphatic carbocycles. The first-order chi connectivity index (χ1) is 10.1. The molecule has 0 aromatic carbocycles. The van der Waals surface area contributed by atoms with Crippen molar-refractivity contribution in [3.8, 4) is 0 Å². The Morgan fingerprint density at radius 2 is 2.14 bits per heavy atom. The fraction of sp³-hybridized carbons (Fsp3) is 0.941. The van der Waals surface area contributed by atoms with Crippen molar-refractivity contribution in [2.45, 2.75) is 71.5 Å². The van der Waals surface area contributed by atoms with Gasteiger partial charge in [-0.3, -0.25) is 10.1 Å². The zero-order valence-corrected chi connectivity index (χ0v) is 13.9. The van der Waals surface area contributed by atoms with Gasteiger partial charge in [-0.25, -0.2) is 0 Å². The molecule has 2 atom stereocenters. The molecule has 1 aliphatic heterocycles. The highest BCUT2D eigenvalue weighted by Crippen LogP contribution is 2.28. The van der Waals surface area contributed by atoms with Crippen molar-refractivity contribution in [2.75, 3.05) is 19.8 Å². The molecule has 4 heteroatoms. The normalized spacial score (nSPS) is 26.1. The molecule has 21 heavy (non-hydrogen) atoms. The number of nitrogens with zero attached hydrogens (tertiary/aromatic N) is 1. The molecular weight excluding hydrogens is 264 g/mol. The lowest BCUT2D eigenvalue weighted by Crippen LogP contribution is -2.40. The molecule has 2 aliphatic rings. The Labute approximate surface area is 129 Å². The van der Waals surface area contributed by atoms with E-state index in [9.17, 15) is 4.79 Å². The summed E-state index contributed by atoms with van der Waals surface area (Å²) in [6.45, 7) is 8.90. The zero-order valence-electron chi connectivity index (χ0n) is 13.9. The summed E-state index contributed by atoms with van der Waals surface area (Å²) in [7, 11) is 0. The standard InChI is InChI=1S/C17H32N2O2/c1-4-5-6-15-17(20)19(16(18-15)11-13(2)3)9-10-21-12-14-7-8-14/h13-16,18H,4-12H2,1-3H3. The van der Waals surface area contributed by atoms with Crippen LogP contribution in [0.3, 0.4) is 0 Å². The van der Waals surface area contributed by atoms with Crippen molar-refractivity contribution in [1.29, 1.82) is 0 Å². The predicted octanol–water partition coefficient (Wildman–Crippen LogP) is 2.78. The van der Waals surface area contributed by atoms with E-state index in [-0.39, 0.29) is 18.1 Å². The first kappa shape index (κ1) is 16.8. The lowest BCUT2D eigenvalue weighted by atomic mass is 10.1. The Morgan fingerprint density at radius 3 is 2.76 bits per heavy atom. The van der Waals surface area contributed by atoms with Gasteiger partial charge in [0, 0.05) is 13.2 Å². The van der Waals surface area contributed by atoms with Crippen LogP contribution in [0.5, 0.6) is 0 Å². The molecule has 1 N–H and O–H groups in total. The average Bonchev–Trinajstić information content (AvgIpc) is 3.21. The van der Waals surface area contributed by atoms with Crippen LogP contribution in [-0.2, 0) is 9.53 Å². The molecule has 1 amide bonds. The average molecular weight is 296 g/mol. The number of hydrogen-bond donors (Lipinski definition) is 1. The molecule has 0 aromatic heterocycles. The fourth-order valence-corrected chi connectivity index (χ4v) is 2.97. The second-order valence-electron chi connectivity index (χ2n) is 7.06. The number of unbranched alkanes of at least 4 members (excludes halogenated alkanes) is 1. The third kappa shape index (κ3) is 5.26. The molecule has 1 saturated carbocycles.